The molecule has 0 atom stereocenters. The van der Waals surface area contributed by atoms with E-state index in [0.717, 1.165) is 12.1 Å². The number of methoxy groups -OCH3 is 1. The minimum absolute atomic E-state index is 0.0542. The molecule has 7 nitrogen and oxygen atoms in total. The summed E-state index contributed by atoms with van der Waals surface area (Å²) in [6.45, 7) is -0.615. The fourth-order valence-corrected chi connectivity index (χ4v) is 3.52. The molecule has 32 heavy (non-hydrogen) atoms. The Morgan fingerprint density at radius 2 is 1.97 bits per heavy atom. The average Bonchev–Trinajstić information content (AvgIpc) is 3.38. The number of nitrogens with zero attached hydrogens (tertiary/aromatic N) is 3. The lowest BCUT2D eigenvalue weighted by atomic mass is 10.1. The van der Waals surface area contributed by atoms with E-state index in [0.29, 0.717) is 11.3 Å². The number of anilines is 1. The third-order valence-electron chi connectivity index (χ3n) is 5.07. The van der Waals surface area contributed by atoms with Crippen molar-refractivity contribution >= 4 is 11.6 Å². The minimum Gasteiger partial charge on any atom is -0.496 e. The van der Waals surface area contributed by atoms with Crippen LogP contribution in [0.2, 0.25) is 0 Å². The van der Waals surface area contributed by atoms with E-state index in [1.54, 1.807) is 0 Å². The summed E-state index contributed by atoms with van der Waals surface area (Å²) in [4.78, 5) is 18.3. The van der Waals surface area contributed by atoms with Gasteiger partial charge in [-0.05, 0) is 36.4 Å². The zero-order valence-corrected chi connectivity index (χ0v) is 17.0. The van der Waals surface area contributed by atoms with E-state index in [9.17, 15) is 22.4 Å². The Bertz CT molecular complexity index is 1150. The van der Waals surface area contributed by atoms with Gasteiger partial charge in [0.25, 0.3) is 11.8 Å². The molecule has 1 amide bonds. The van der Waals surface area contributed by atoms with E-state index < -0.39 is 30.0 Å². The summed E-state index contributed by atoms with van der Waals surface area (Å²) in [5.74, 6) is -3.88. The lowest BCUT2D eigenvalue weighted by Crippen LogP contribution is -2.29. The first-order chi connectivity index (χ1) is 15.3. The van der Waals surface area contributed by atoms with Crippen LogP contribution in [0.5, 0.6) is 5.75 Å². The molecule has 11 heteroatoms. The molecule has 0 bridgehead atoms. The average molecular weight is 449 g/mol. The summed E-state index contributed by atoms with van der Waals surface area (Å²) < 4.78 is 59.8. The summed E-state index contributed by atoms with van der Waals surface area (Å²) in [6, 6.07) is 7.35. The van der Waals surface area contributed by atoms with Crippen LogP contribution in [0.15, 0.2) is 36.4 Å². The van der Waals surface area contributed by atoms with Gasteiger partial charge in [-0.2, -0.15) is 5.10 Å². The summed E-state index contributed by atoms with van der Waals surface area (Å²) in [6.07, 6.45) is -0.338. The van der Waals surface area contributed by atoms with Crippen molar-refractivity contribution in [1.29, 1.82) is 0 Å². The molecule has 2 aromatic carbocycles. The molecule has 4 rings (SSSR count). The van der Waals surface area contributed by atoms with Gasteiger partial charge in [-0.25, -0.2) is 22.5 Å². The molecule has 1 aliphatic heterocycles. The number of aromatic amines is 1. The standard InChI is InChI=1S/C21H19F4N5O2/c1-32-17-5-3-13(23)9-15(17)19-27-18(28-29-19)10-26-20(31)14-8-12(22)2-4-16(14)30-7-6-21(24,25)11-30/h2-5,8-9H,6-7,10-11H2,1H3,(H,26,31)(H,27,28,29). The first kappa shape index (κ1) is 21.6. The van der Waals surface area contributed by atoms with E-state index in [-0.39, 0.29) is 42.4 Å². The Morgan fingerprint density at radius 1 is 1.22 bits per heavy atom. The van der Waals surface area contributed by atoms with E-state index >= 15 is 0 Å². The maximum atomic E-state index is 13.8. The summed E-state index contributed by atoms with van der Waals surface area (Å²) in [7, 11) is 1.43. The van der Waals surface area contributed by atoms with Crippen LogP contribution in [0.3, 0.4) is 0 Å². The predicted molar refractivity (Wildman–Crippen MR) is 108 cm³/mol. The number of H-pyrrole nitrogens is 1. The van der Waals surface area contributed by atoms with Gasteiger partial charge >= 0.3 is 0 Å². The van der Waals surface area contributed by atoms with E-state index in [2.05, 4.69) is 20.5 Å². The normalized spacial score (nSPS) is 15.1. The molecule has 0 spiro atoms. The van der Waals surface area contributed by atoms with Gasteiger partial charge in [0.05, 0.1) is 31.3 Å². The second-order valence-corrected chi connectivity index (χ2v) is 7.32. The van der Waals surface area contributed by atoms with Crippen LogP contribution >= 0.6 is 0 Å². The van der Waals surface area contributed by atoms with Crippen LogP contribution in [-0.2, 0) is 6.54 Å². The highest BCUT2D eigenvalue weighted by atomic mass is 19.3. The number of benzene rings is 2. The maximum absolute atomic E-state index is 13.8. The Balaban J connectivity index is 1.50. The number of ether oxygens (including phenoxy) is 1. The van der Waals surface area contributed by atoms with Crippen molar-refractivity contribution in [2.24, 2.45) is 0 Å². The minimum atomic E-state index is -2.87. The monoisotopic (exact) mass is 449 g/mol. The van der Waals surface area contributed by atoms with E-state index in [1.165, 1.54) is 36.3 Å². The summed E-state index contributed by atoms with van der Waals surface area (Å²) in [5.41, 5.74) is 0.506. The van der Waals surface area contributed by atoms with Crippen molar-refractivity contribution < 1.29 is 27.1 Å². The smallest absolute Gasteiger partial charge is 0.266 e. The number of hydrogen-bond donors (Lipinski definition) is 2. The molecule has 0 aliphatic carbocycles. The number of alkyl halides is 2. The molecule has 0 radical (unpaired) electrons. The lowest BCUT2D eigenvalue weighted by molar-refractivity contribution is 0.0257. The number of nitrogens with one attached hydrogen (secondary N) is 2. The molecule has 1 saturated heterocycles. The third kappa shape index (κ3) is 4.51. The lowest BCUT2D eigenvalue weighted by Gasteiger charge is -2.21. The predicted octanol–water partition coefficient (Wildman–Crippen LogP) is 3.53. The van der Waals surface area contributed by atoms with Gasteiger partial charge in [-0.3, -0.25) is 9.89 Å². The SMILES string of the molecule is COc1ccc(F)cc1-c1nc(CNC(=O)c2cc(F)ccc2N2CCC(F)(F)C2)n[nH]1. The number of amides is 1. The zero-order valence-electron chi connectivity index (χ0n) is 17.0. The van der Waals surface area contributed by atoms with Gasteiger partial charge in [-0.1, -0.05) is 0 Å². The van der Waals surface area contributed by atoms with Crippen molar-refractivity contribution in [1.82, 2.24) is 20.5 Å². The molecule has 0 unspecified atom stereocenters. The quantitative estimate of drug-likeness (QED) is 0.563. The van der Waals surface area contributed by atoms with Crippen molar-refractivity contribution in [3.63, 3.8) is 0 Å². The van der Waals surface area contributed by atoms with Crippen LogP contribution < -0.4 is 15.0 Å². The van der Waals surface area contributed by atoms with Crippen LogP contribution in [0.25, 0.3) is 11.4 Å². The van der Waals surface area contributed by atoms with Gasteiger partial charge < -0.3 is 15.0 Å². The number of halogens is 4. The molecule has 168 valence electrons. The fourth-order valence-electron chi connectivity index (χ4n) is 3.52. The number of aromatic nitrogens is 3. The molecule has 2 N–H and O–H groups in total. The summed E-state index contributed by atoms with van der Waals surface area (Å²) >= 11 is 0. The Kier molecular flexibility index (Phi) is 5.72. The molecular formula is C21H19F4N5O2. The van der Waals surface area contributed by atoms with E-state index in [4.69, 9.17) is 4.74 Å². The van der Waals surface area contributed by atoms with Crippen molar-refractivity contribution in [3.8, 4) is 17.1 Å². The molecule has 2 heterocycles. The Morgan fingerprint density at radius 3 is 2.69 bits per heavy atom. The van der Waals surface area contributed by atoms with Crippen LogP contribution in [0.4, 0.5) is 23.2 Å². The topological polar surface area (TPSA) is 83.1 Å². The first-order valence-electron chi connectivity index (χ1n) is 9.71. The van der Waals surface area contributed by atoms with Gasteiger partial charge in [-0.15, -0.1) is 0 Å². The number of hydrogen-bond acceptors (Lipinski definition) is 5. The molecule has 1 aliphatic rings. The second-order valence-electron chi connectivity index (χ2n) is 7.32. The maximum Gasteiger partial charge on any atom is 0.266 e. The highest BCUT2D eigenvalue weighted by Crippen LogP contribution is 2.33. The number of rotatable bonds is 6. The Hall–Kier alpha value is -3.63. The third-order valence-corrected chi connectivity index (χ3v) is 5.07. The van der Waals surface area contributed by atoms with Crippen molar-refractivity contribution in [2.75, 3.05) is 25.1 Å². The van der Waals surface area contributed by atoms with Crippen LogP contribution in [0.1, 0.15) is 22.6 Å². The molecular weight excluding hydrogens is 430 g/mol. The molecule has 3 aromatic rings. The number of carbonyl (C=O) groups is 1. The molecule has 1 aromatic heterocycles. The zero-order chi connectivity index (χ0) is 22.9. The van der Waals surface area contributed by atoms with Crippen molar-refractivity contribution in [2.45, 2.75) is 18.9 Å². The van der Waals surface area contributed by atoms with Gasteiger partial charge in [0.15, 0.2) is 11.6 Å². The highest BCUT2D eigenvalue weighted by molar-refractivity contribution is 5.99. The second kappa shape index (κ2) is 8.48. The van der Waals surface area contributed by atoms with E-state index in [1.807, 2.05) is 0 Å². The first-order valence-corrected chi connectivity index (χ1v) is 9.71. The van der Waals surface area contributed by atoms with Crippen LogP contribution in [0, 0.1) is 11.6 Å². The van der Waals surface area contributed by atoms with Crippen LogP contribution in [-0.4, -0.2) is 47.2 Å². The van der Waals surface area contributed by atoms with Crippen molar-refractivity contribution in [3.05, 3.63) is 59.4 Å². The molecule has 1 fully saturated rings. The van der Waals surface area contributed by atoms with Gasteiger partial charge in [0.2, 0.25) is 0 Å². The van der Waals surface area contributed by atoms with Gasteiger partial charge in [0, 0.05) is 18.7 Å². The number of carbonyl (C=O) groups excluding carboxylic acids is 1. The highest BCUT2D eigenvalue weighted by Gasteiger charge is 2.39. The summed E-state index contributed by atoms with van der Waals surface area (Å²) in [5, 5.41) is 9.20. The molecule has 0 saturated carbocycles. The van der Waals surface area contributed by atoms with Gasteiger partial charge in [0.1, 0.15) is 17.4 Å². The Labute approximate surface area is 180 Å². The fraction of sp³-hybridized carbons (Fsp3) is 0.286. The largest absolute Gasteiger partial charge is 0.496 e.